The summed E-state index contributed by atoms with van der Waals surface area (Å²) in [6.07, 6.45) is 0.0658. The summed E-state index contributed by atoms with van der Waals surface area (Å²) in [5, 5.41) is 0. The van der Waals surface area contributed by atoms with Gasteiger partial charge in [-0.3, -0.25) is 0 Å². The van der Waals surface area contributed by atoms with Crippen LogP contribution in [0.5, 0.6) is 5.75 Å². The molecule has 0 N–H and O–H groups in total. The third-order valence-corrected chi connectivity index (χ3v) is 4.02. The Morgan fingerprint density at radius 1 is 1.00 bits per heavy atom. The number of nitrogens with zero attached hydrogens (tertiary/aromatic N) is 1. The van der Waals surface area contributed by atoms with Crippen LogP contribution in [0.15, 0.2) is 24.3 Å². The smallest absolute Gasteiger partial charge is 0.250 e. The molecule has 2 rings (SSSR count). The second kappa shape index (κ2) is 15.9. The normalized spacial score (nSPS) is 15.3. The summed E-state index contributed by atoms with van der Waals surface area (Å²) < 4.78 is 30.3. The van der Waals surface area contributed by atoms with Crippen molar-refractivity contribution in [3.05, 3.63) is 29.8 Å². The van der Waals surface area contributed by atoms with Gasteiger partial charge in [0.25, 0.3) is 5.92 Å². The zero-order chi connectivity index (χ0) is 16.8. The first-order valence-electron chi connectivity index (χ1n) is 8.01. The van der Waals surface area contributed by atoms with Crippen molar-refractivity contribution in [3.63, 3.8) is 0 Å². The molecule has 0 aromatic heterocycles. The minimum atomic E-state index is -2.40. The minimum Gasteiger partial charge on any atom is -0.497 e. The average Bonchev–Trinajstić information content (AvgIpc) is 2.47. The van der Waals surface area contributed by atoms with Crippen LogP contribution in [0.4, 0.5) is 8.78 Å². The van der Waals surface area contributed by atoms with Gasteiger partial charge in [0.1, 0.15) is 5.75 Å². The monoisotopic (exact) mass is 450 g/mol. The molecule has 1 aliphatic rings. The van der Waals surface area contributed by atoms with Crippen LogP contribution in [0.25, 0.3) is 0 Å². The molecule has 1 fully saturated rings. The van der Waals surface area contributed by atoms with Crippen LogP contribution in [-0.2, 0) is 32.7 Å². The molecule has 153 valence electrons. The van der Waals surface area contributed by atoms with E-state index < -0.39 is 5.92 Å². The second-order valence-electron chi connectivity index (χ2n) is 6.42. The van der Waals surface area contributed by atoms with Crippen molar-refractivity contribution < 1.29 is 46.2 Å². The number of rotatable bonds is 3. The largest absolute Gasteiger partial charge is 0.497 e. The van der Waals surface area contributed by atoms with Crippen molar-refractivity contribution in [2.45, 2.75) is 80.7 Å². The van der Waals surface area contributed by atoms with Crippen LogP contribution in [0.2, 0.25) is 0 Å². The fraction of sp³-hybridized carbons (Fsp3) is 0.714. The van der Waals surface area contributed by atoms with Crippen LogP contribution < -0.4 is 4.74 Å². The zero-order valence-corrected chi connectivity index (χ0v) is 17.8. The van der Waals surface area contributed by atoms with E-state index in [1.54, 1.807) is 7.11 Å². The van der Waals surface area contributed by atoms with E-state index in [4.69, 9.17) is 4.74 Å². The van der Waals surface area contributed by atoms with Gasteiger partial charge in [0, 0.05) is 64.7 Å². The molecule has 2 nitrogen and oxygen atoms in total. The molecule has 0 unspecified atom stereocenters. The van der Waals surface area contributed by atoms with Crippen LogP contribution in [0, 0.1) is 0 Å². The Bertz CT molecular complexity index is 443. The molecule has 0 saturated carbocycles. The van der Waals surface area contributed by atoms with Gasteiger partial charge < -0.3 is 9.64 Å². The maximum absolute atomic E-state index is 12.6. The molecule has 26 heavy (non-hydrogen) atoms. The fourth-order valence-electron chi connectivity index (χ4n) is 2.37. The van der Waals surface area contributed by atoms with Crippen molar-refractivity contribution in [3.8, 4) is 5.75 Å². The molecular weight excluding hydrogens is 409 g/mol. The number of benzene rings is 1. The van der Waals surface area contributed by atoms with E-state index in [0.29, 0.717) is 25.0 Å². The summed E-state index contributed by atoms with van der Waals surface area (Å²) in [5.74, 6) is -0.882. The third kappa shape index (κ3) is 12.4. The predicted molar refractivity (Wildman–Crippen MR) is 108 cm³/mol. The number of hydrogen-bond acceptors (Lipinski definition) is 2. The number of hydrogen-bond donors (Lipinski definition) is 0. The zero-order valence-electron chi connectivity index (χ0n) is 15.0. The van der Waals surface area contributed by atoms with Gasteiger partial charge in [-0.15, -0.1) is 0 Å². The molecule has 1 heterocycles. The summed E-state index contributed by atoms with van der Waals surface area (Å²) in [6.45, 7) is 9.53. The van der Waals surface area contributed by atoms with Crippen LogP contribution >= 0.6 is 0 Å². The predicted octanol–water partition coefficient (Wildman–Crippen LogP) is 6.85. The maximum Gasteiger partial charge on any atom is 0.250 e. The number of ether oxygens (including phenoxy) is 1. The molecule has 0 aliphatic carbocycles. The minimum absolute atomic E-state index is 0. The number of piperidine rings is 1. The van der Waals surface area contributed by atoms with Gasteiger partial charge in [0.2, 0.25) is 0 Å². The van der Waals surface area contributed by atoms with Crippen molar-refractivity contribution in [1.29, 1.82) is 0 Å². The molecule has 0 spiro atoms. The molecule has 1 aliphatic heterocycles. The number of halogens is 2. The third-order valence-electron chi connectivity index (χ3n) is 4.02. The first-order chi connectivity index (χ1) is 10.2. The molecule has 1 aromatic carbocycles. The van der Waals surface area contributed by atoms with Crippen molar-refractivity contribution in [2.24, 2.45) is 0 Å². The molecule has 0 bridgehead atoms. The van der Waals surface area contributed by atoms with Crippen molar-refractivity contribution in [1.82, 2.24) is 4.90 Å². The maximum atomic E-state index is 12.6. The van der Waals surface area contributed by atoms with E-state index >= 15 is 0 Å². The van der Waals surface area contributed by atoms with E-state index in [1.807, 2.05) is 26.0 Å². The topological polar surface area (TPSA) is 12.5 Å². The Balaban J connectivity index is -0.000000161. The Kier molecular flexibility index (Phi) is 20.6. The average molecular weight is 450 g/mol. The Labute approximate surface area is 187 Å². The molecule has 1 saturated heterocycles. The second-order valence-corrected chi connectivity index (χ2v) is 6.42. The summed E-state index contributed by atoms with van der Waals surface area (Å²) >= 11 is 0. The fourth-order valence-corrected chi connectivity index (χ4v) is 2.37. The molecule has 1 radical (unpaired) electrons. The Morgan fingerprint density at radius 2 is 1.50 bits per heavy atom. The number of likely N-dealkylation sites (tertiary alicyclic amines) is 1. The first-order valence-corrected chi connectivity index (χ1v) is 8.01. The summed E-state index contributed by atoms with van der Waals surface area (Å²) in [5.41, 5.74) is 1.32. The first kappa shape index (κ1) is 33.5. The van der Waals surface area contributed by atoms with Gasteiger partial charge in [-0.1, -0.05) is 48.3 Å². The SMILES string of the molecule is C.C.C.CC(C)N1CCC(F)(F)CC1.COc1cccc(C(C)C)c1.[Y]. The Morgan fingerprint density at radius 3 is 1.88 bits per heavy atom. The molecule has 0 amide bonds. The number of methoxy groups -OCH3 is 1. The van der Waals surface area contributed by atoms with Gasteiger partial charge in [0.15, 0.2) is 0 Å². The standard InChI is InChI=1S/C10H14O.C8H15F2N.3CH4.Y/c1-8(2)9-5-4-6-10(7-9)11-3;1-7(2)11-5-3-8(9,10)4-6-11;;;;/h4-8H,1-3H3;7H,3-6H2,1-2H3;3*1H4;. The van der Waals surface area contributed by atoms with Crippen molar-refractivity contribution >= 4 is 0 Å². The molecule has 5 heteroatoms. The van der Waals surface area contributed by atoms with E-state index in [0.717, 1.165) is 5.75 Å². The van der Waals surface area contributed by atoms with Crippen molar-refractivity contribution in [2.75, 3.05) is 20.2 Å². The van der Waals surface area contributed by atoms with Gasteiger partial charge in [-0.2, -0.15) is 0 Å². The van der Waals surface area contributed by atoms with E-state index in [1.165, 1.54) is 5.56 Å². The van der Waals surface area contributed by atoms with Gasteiger partial charge in [-0.25, -0.2) is 8.78 Å². The van der Waals surface area contributed by atoms with E-state index in [-0.39, 0.29) is 67.8 Å². The summed E-state index contributed by atoms with van der Waals surface area (Å²) in [4.78, 5) is 2.09. The van der Waals surface area contributed by atoms with E-state index in [2.05, 4.69) is 30.9 Å². The quantitative estimate of drug-likeness (QED) is 0.499. The molecule has 0 atom stereocenters. The summed E-state index contributed by atoms with van der Waals surface area (Å²) in [6, 6.07) is 8.59. The van der Waals surface area contributed by atoms with Gasteiger partial charge in [-0.05, 0) is 37.5 Å². The van der Waals surface area contributed by atoms with E-state index in [9.17, 15) is 8.78 Å². The van der Waals surface area contributed by atoms with Gasteiger partial charge >= 0.3 is 0 Å². The van der Waals surface area contributed by atoms with Gasteiger partial charge in [0.05, 0.1) is 7.11 Å². The Hall–Kier alpha value is -0.0561. The van der Waals surface area contributed by atoms with Crippen LogP contribution in [0.1, 0.15) is 74.3 Å². The summed E-state index contributed by atoms with van der Waals surface area (Å²) in [7, 11) is 1.69. The van der Waals surface area contributed by atoms with Crippen LogP contribution in [0.3, 0.4) is 0 Å². The van der Waals surface area contributed by atoms with Crippen LogP contribution in [-0.4, -0.2) is 37.1 Å². The molecule has 1 aromatic rings. The number of alkyl halides is 2. The molecular formula is C21H41F2NOY.